The van der Waals surface area contributed by atoms with Crippen molar-refractivity contribution in [2.45, 2.75) is 20.3 Å². The molecular formula is C18H17ClO2. The number of carbonyl (C=O) groups is 1. The topological polar surface area (TPSA) is 37.3 Å². The first-order valence-electron chi connectivity index (χ1n) is 6.67. The van der Waals surface area contributed by atoms with Crippen molar-refractivity contribution >= 4 is 23.6 Å². The molecule has 0 aliphatic carbocycles. The molecule has 21 heavy (non-hydrogen) atoms. The van der Waals surface area contributed by atoms with Crippen LogP contribution in [0.1, 0.15) is 38.2 Å². The fourth-order valence-corrected chi connectivity index (χ4v) is 2.58. The molecule has 0 aliphatic rings. The molecule has 2 rings (SSSR count). The fraction of sp³-hybridized carbons (Fsp3) is 0.167. The lowest BCUT2D eigenvalue weighted by atomic mass is 9.90. The van der Waals surface area contributed by atoms with E-state index < -0.39 is 5.97 Å². The molecule has 2 aromatic carbocycles. The van der Waals surface area contributed by atoms with E-state index in [0.717, 1.165) is 22.3 Å². The van der Waals surface area contributed by atoms with E-state index >= 15 is 0 Å². The molecule has 0 saturated heterocycles. The predicted octanol–water partition coefficient (Wildman–Crippen LogP) is 4.89. The van der Waals surface area contributed by atoms with Crippen molar-refractivity contribution in [3.8, 4) is 0 Å². The van der Waals surface area contributed by atoms with Gasteiger partial charge < -0.3 is 5.11 Å². The molecule has 0 radical (unpaired) electrons. The summed E-state index contributed by atoms with van der Waals surface area (Å²) in [6.07, 6.45) is 2.29. The van der Waals surface area contributed by atoms with Gasteiger partial charge in [-0.15, -0.1) is 0 Å². The van der Waals surface area contributed by atoms with Crippen LogP contribution in [-0.2, 0) is 6.42 Å². The summed E-state index contributed by atoms with van der Waals surface area (Å²) in [5.74, 6) is -0.926. The van der Waals surface area contributed by atoms with Crippen LogP contribution in [0, 0.1) is 13.8 Å². The molecular weight excluding hydrogens is 284 g/mol. The molecule has 0 spiro atoms. The van der Waals surface area contributed by atoms with E-state index in [1.165, 1.54) is 0 Å². The quantitative estimate of drug-likeness (QED) is 0.873. The van der Waals surface area contributed by atoms with Crippen molar-refractivity contribution in [1.82, 2.24) is 0 Å². The Labute approximate surface area is 129 Å². The maximum atomic E-state index is 11.4. The second-order valence-corrected chi connectivity index (χ2v) is 5.50. The predicted molar refractivity (Wildman–Crippen MR) is 87.2 cm³/mol. The highest BCUT2D eigenvalue weighted by Crippen LogP contribution is 2.26. The van der Waals surface area contributed by atoms with Gasteiger partial charge in [-0.3, -0.25) is 0 Å². The van der Waals surface area contributed by atoms with Crippen LogP contribution in [0.4, 0.5) is 0 Å². The summed E-state index contributed by atoms with van der Waals surface area (Å²) in [5, 5.41) is 10.1. The minimum Gasteiger partial charge on any atom is -0.478 e. The van der Waals surface area contributed by atoms with Crippen LogP contribution >= 0.6 is 11.6 Å². The van der Waals surface area contributed by atoms with Crippen LogP contribution in [0.15, 0.2) is 36.9 Å². The number of rotatable bonds is 4. The second-order valence-electron chi connectivity index (χ2n) is 5.06. The number of hydrogen-bond donors (Lipinski definition) is 1. The van der Waals surface area contributed by atoms with Crippen LogP contribution in [0.3, 0.4) is 0 Å². The first kappa shape index (κ1) is 15.3. The lowest BCUT2D eigenvalue weighted by Gasteiger charge is -2.15. The average molecular weight is 301 g/mol. The van der Waals surface area contributed by atoms with Crippen molar-refractivity contribution < 1.29 is 9.90 Å². The maximum absolute atomic E-state index is 11.4. The van der Waals surface area contributed by atoms with Gasteiger partial charge in [-0.1, -0.05) is 36.4 Å². The van der Waals surface area contributed by atoms with Gasteiger partial charge in [-0.05, 0) is 66.3 Å². The number of carboxylic acids is 1. The molecule has 2 nitrogen and oxygen atoms in total. The Morgan fingerprint density at radius 1 is 1.24 bits per heavy atom. The lowest BCUT2D eigenvalue weighted by molar-refractivity contribution is 0.0696. The number of hydrogen-bond acceptors (Lipinski definition) is 1. The largest absolute Gasteiger partial charge is 0.478 e. The Balaban J connectivity index is 2.51. The van der Waals surface area contributed by atoms with E-state index in [1.807, 2.05) is 38.1 Å². The minimum absolute atomic E-state index is 0.303. The van der Waals surface area contributed by atoms with E-state index in [4.69, 9.17) is 11.6 Å². The van der Waals surface area contributed by atoms with Crippen molar-refractivity contribution in [2.75, 3.05) is 0 Å². The van der Waals surface area contributed by atoms with Crippen LogP contribution in [0.25, 0.3) is 6.08 Å². The summed E-state index contributed by atoms with van der Waals surface area (Å²) in [7, 11) is 0. The van der Waals surface area contributed by atoms with Gasteiger partial charge in [0.05, 0.1) is 5.56 Å². The Bertz CT molecular complexity index is 700. The first-order chi connectivity index (χ1) is 9.93. The standard InChI is InChI=1S/C18H17ClO2/c1-4-16-12(3)11(2)14(10-17(16)18(20)21)9-13-5-7-15(19)8-6-13/h4-8,10H,1,9H2,2-3H3,(H,20,21). The molecule has 0 bridgehead atoms. The maximum Gasteiger partial charge on any atom is 0.336 e. The molecule has 0 unspecified atom stereocenters. The smallest absolute Gasteiger partial charge is 0.336 e. The molecule has 2 aromatic rings. The molecule has 108 valence electrons. The molecule has 1 N–H and O–H groups in total. The molecule has 0 saturated carbocycles. The van der Waals surface area contributed by atoms with Crippen LogP contribution in [0.5, 0.6) is 0 Å². The third-order valence-electron chi connectivity index (χ3n) is 3.80. The highest BCUT2D eigenvalue weighted by atomic mass is 35.5. The zero-order valence-electron chi connectivity index (χ0n) is 12.1. The number of aromatic carboxylic acids is 1. The van der Waals surface area contributed by atoms with Gasteiger partial charge in [-0.25, -0.2) is 4.79 Å². The van der Waals surface area contributed by atoms with Gasteiger partial charge in [0.15, 0.2) is 0 Å². The minimum atomic E-state index is -0.926. The van der Waals surface area contributed by atoms with E-state index in [-0.39, 0.29) is 0 Å². The zero-order valence-corrected chi connectivity index (χ0v) is 12.9. The van der Waals surface area contributed by atoms with Crippen LogP contribution in [-0.4, -0.2) is 11.1 Å². The van der Waals surface area contributed by atoms with Crippen molar-refractivity contribution in [3.05, 3.63) is 75.3 Å². The van der Waals surface area contributed by atoms with Gasteiger partial charge in [0.1, 0.15) is 0 Å². The third kappa shape index (κ3) is 3.17. The Morgan fingerprint density at radius 2 is 1.86 bits per heavy atom. The number of carboxylic acid groups (broad SMARTS) is 1. The first-order valence-corrected chi connectivity index (χ1v) is 7.05. The van der Waals surface area contributed by atoms with E-state index in [9.17, 15) is 9.90 Å². The van der Waals surface area contributed by atoms with Crippen LogP contribution in [0.2, 0.25) is 5.02 Å². The second kappa shape index (κ2) is 6.15. The Kier molecular flexibility index (Phi) is 4.49. The van der Waals surface area contributed by atoms with Gasteiger partial charge >= 0.3 is 5.97 Å². The monoisotopic (exact) mass is 300 g/mol. The van der Waals surface area contributed by atoms with Crippen molar-refractivity contribution in [2.24, 2.45) is 0 Å². The van der Waals surface area contributed by atoms with Crippen molar-refractivity contribution in [3.63, 3.8) is 0 Å². The molecule has 0 amide bonds. The normalized spacial score (nSPS) is 10.4. The lowest BCUT2D eigenvalue weighted by Crippen LogP contribution is -2.06. The van der Waals surface area contributed by atoms with Crippen molar-refractivity contribution in [1.29, 1.82) is 0 Å². The Morgan fingerprint density at radius 3 is 2.38 bits per heavy atom. The van der Waals surface area contributed by atoms with Gasteiger partial charge in [0.2, 0.25) is 0 Å². The van der Waals surface area contributed by atoms with Gasteiger partial charge in [0, 0.05) is 5.02 Å². The molecule has 3 heteroatoms. The summed E-state index contributed by atoms with van der Waals surface area (Å²) in [4.78, 5) is 11.4. The highest BCUT2D eigenvalue weighted by Gasteiger charge is 2.15. The third-order valence-corrected chi connectivity index (χ3v) is 4.05. The average Bonchev–Trinajstić information content (AvgIpc) is 2.45. The zero-order chi connectivity index (χ0) is 15.6. The van der Waals surface area contributed by atoms with Gasteiger partial charge in [-0.2, -0.15) is 0 Å². The van der Waals surface area contributed by atoms with E-state index in [1.54, 1.807) is 12.1 Å². The fourth-order valence-electron chi connectivity index (χ4n) is 2.45. The SMILES string of the molecule is C=Cc1c(C(=O)O)cc(Cc2ccc(Cl)cc2)c(C)c1C. The van der Waals surface area contributed by atoms with E-state index in [0.29, 0.717) is 22.6 Å². The van der Waals surface area contributed by atoms with E-state index in [2.05, 4.69) is 6.58 Å². The molecule has 0 aliphatic heterocycles. The Hall–Kier alpha value is -2.06. The molecule has 0 heterocycles. The molecule has 0 aromatic heterocycles. The molecule has 0 atom stereocenters. The summed E-state index contributed by atoms with van der Waals surface area (Å²) in [6.45, 7) is 7.67. The highest BCUT2D eigenvalue weighted by molar-refractivity contribution is 6.30. The van der Waals surface area contributed by atoms with Crippen LogP contribution < -0.4 is 0 Å². The summed E-state index contributed by atoms with van der Waals surface area (Å²) in [5.41, 5.74) is 5.18. The summed E-state index contributed by atoms with van der Waals surface area (Å²) >= 11 is 5.89. The summed E-state index contributed by atoms with van der Waals surface area (Å²) < 4.78 is 0. The van der Waals surface area contributed by atoms with Gasteiger partial charge in [0.25, 0.3) is 0 Å². The molecule has 0 fully saturated rings. The number of benzene rings is 2. The summed E-state index contributed by atoms with van der Waals surface area (Å²) in [6, 6.07) is 9.35. The number of halogens is 1.